The summed E-state index contributed by atoms with van der Waals surface area (Å²) in [4.78, 5) is 0. The third kappa shape index (κ3) is 3.39. The van der Waals surface area contributed by atoms with Crippen molar-refractivity contribution in [1.29, 1.82) is 0 Å². The summed E-state index contributed by atoms with van der Waals surface area (Å²) in [5.74, 6) is 1.12. The van der Waals surface area contributed by atoms with Crippen molar-refractivity contribution < 1.29 is 9.84 Å². The second-order valence-electron chi connectivity index (χ2n) is 4.16. The number of aliphatic hydroxyl groups excluding tert-OH is 1. The molecule has 0 spiro atoms. The van der Waals surface area contributed by atoms with Gasteiger partial charge in [0.1, 0.15) is 5.75 Å². The summed E-state index contributed by atoms with van der Waals surface area (Å²) >= 11 is 5.93. The molecule has 2 unspecified atom stereocenters. The minimum absolute atomic E-state index is 0.443. The van der Waals surface area contributed by atoms with Crippen LogP contribution < -0.4 is 4.74 Å². The van der Waals surface area contributed by atoms with E-state index in [0.717, 1.165) is 18.4 Å². The molecular formula is C13H19ClO2. The zero-order valence-corrected chi connectivity index (χ0v) is 10.8. The van der Waals surface area contributed by atoms with Gasteiger partial charge in [0.2, 0.25) is 0 Å². The lowest BCUT2D eigenvalue weighted by Crippen LogP contribution is -2.04. The molecule has 0 amide bonds. The molecule has 0 bridgehead atoms. The van der Waals surface area contributed by atoms with Gasteiger partial charge in [0.25, 0.3) is 0 Å². The number of rotatable bonds is 5. The molecule has 0 saturated carbocycles. The van der Waals surface area contributed by atoms with Gasteiger partial charge in [0.15, 0.2) is 0 Å². The van der Waals surface area contributed by atoms with Gasteiger partial charge in [0, 0.05) is 0 Å². The number of hydrogen-bond donors (Lipinski definition) is 1. The first kappa shape index (κ1) is 13.3. The number of hydrogen-bond acceptors (Lipinski definition) is 2. The summed E-state index contributed by atoms with van der Waals surface area (Å²) in [5, 5.41) is 10.6. The number of benzene rings is 1. The fourth-order valence-electron chi connectivity index (χ4n) is 1.57. The van der Waals surface area contributed by atoms with Crippen LogP contribution in [0.15, 0.2) is 18.2 Å². The van der Waals surface area contributed by atoms with E-state index in [1.807, 2.05) is 6.07 Å². The highest BCUT2D eigenvalue weighted by molar-refractivity contribution is 6.32. The van der Waals surface area contributed by atoms with Crippen LogP contribution in [-0.4, -0.2) is 12.2 Å². The van der Waals surface area contributed by atoms with Gasteiger partial charge in [-0.15, -0.1) is 0 Å². The highest BCUT2D eigenvalue weighted by atomic mass is 35.5. The first-order valence-electron chi connectivity index (χ1n) is 5.60. The molecule has 0 aliphatic heterocycles. The van der Waals surface area contributed by atoms with Gasteiger partial charge in [-0.1, -0.05) is 37.9 Å². The first-order valence-corrected chi connectivity index (χ1v) is 5.97. The highest BCUT2D eigenvalue weighted by Crippen LogP contribution is 2.30. The molecule has 0 aliphatic carbocycles. The Morgan fingerprint density at radius 3 is 2.69 bits per heavy atom. The summed E-state index contributed by atoms with van der Waals surface area (Å²) in [7, 11) is 1.58. The van der Waals surface area contributed by atoms with Crippen LogP contribution in [0.2, 0.25) is 5.02 Å². The van der Waals surface area contributed by atoms with Crippen LogP contribution in [0.5, 0.6) is 5.75 Å². The SMILES string of the molecule is CCC(C)CC(O)c1ccc(Cl)c(OC)c1. The molecule has 0 heterocycles. The van der Waals surface area contributed by atoms with Crippen molar-refractivity contribution in [3.8, 4) is 5.75 Å². The lowest BCUT2D eigenvalue weighted by atomic mass is 9.96. The van der Waals surface area contributed by atoms with Crippen molar-refractivity contribution >= 4 is 11.6 Å². The van der Waals surface area contributed by atoms with Crippen molar-refractivity contribution in [1.82, 2.24) is 0 Å². The second kappa shape index (κ2) is 6.12. The van der Waals surface area contributed by atoms with E-state index in [1.165, 1.54) is 0 Å². The third-order valence-electron chi connectivity index (χ3n) is 2.88. The Kier molecular flexibility index (Phi) is 5.10. The van der Waals surface area contributed by atoms with Gasteiger partial charge < -0.3 is 9.84 Å². The summed E-state index contributed by atoms with van der Waals surface area (Å²) in [6.07, 6.45) is 1.39. The fourth-order valence-corrected chi connectivity index (χ4v) is 1.76. The first-order chi connectivity index (χ1) is 7.58. The minimum atomic E-state index is -0.443. The van der Waals surface area contributed by atoms with Crippen molar-refractivity contribution in [3.05, 3.63) is 28.8 Å². The molecule has 1 aromatic rings. The van der Waals surface area contributed by atoms with E-state index < -0.39 is 6.10 Å². The lowest BCUT2D eigenvalue weighted by Gasteiger charge is -2.16. The summed E-state index contributed by atoms with van der Waals surface area (Å²) in [6.45, 7) is 4.26. The molecular weight excluding hydrogens is 224 g/mol. The van der Waals surface area contributed by atoms with Gasteiger partial charge in [0.05, 0.1) is 18.2 Å². The van der Waals surface area contributed by atoms with E-state index >= 15 is 0 Å². The summed E-state index contributed by atoms with van der Waals surface area (Å²) in [5.41, 5.74) is 0.863. The zero-order chi connectivity index (χ0) is 12.1. The Morgan fingerprint density at radius 2 is 2.12 bits per heavy atom. The average molecular weight is 243 g/mol. The fraction of sp³-hybridized carbons (Fsp3) is 0.538. The van der Waals surface area contributed by atoms with Gasteiger partial charge in [-0.2, -0.15) is 0 Å². The maximum Gasteiger partial charge on any atom is 0.137 e. The van der Waals surface area contributed by atoms with E-state index in [1.54, 1.807) is 19.2 Å². The molecule has 1 N–H and O–H groups in total. The molecule has 0 fully saturated rings. The molecule has 0 aliphatic rings. The Hall–Kier alpha value is -0.730. The van der Waals surface area contributed by atoms with Crippen LogP contribution in [0.4, 0.5) is 0 Å². The van der Waals surface area contributed by atoms with Crippen molar-refractivity contribution in [2.24, 2.45) is 5.92 Å². The maximum atomic E-state index is 10.0. The number of ether oxygens (including phenoxy) is 1. The molecule has 0 aromatic heterocycles. The zero-order valence-electron chi connectivity index (χ0n) is 10.0. The molecule has 1 rings (SSSR count). The largest absolute Gasteiger partial charge is 0.495 e. The van der Waals surface area contributed by atoms with E-state index in [4.69, 9.17) is 16.3 Å². The van der Waals surface area contributed by atoms with Crippen LogP contribution in [0.25, 0.3) is 0 Å². The van der Waals surface area contributed by atoms with E-state index in [0.29, 0.717) is 16.7 Å². The monoisotopic (exact) mass is 242 g/mol. The number of methoxy groups -OCH3 is 1. The Morgan fingerprint density at radius 1 is 1.44 bits per heavy atom. The van der Waals surface area contributed by atoms with Gasteiger partial charge >= 0.3 is 0 Å². The van der Waals surface area contributed by atoms with Crippen LogP contribution in [0.1, 0.15) is 38.4 Å². The van der Waals surface area contributed by atoms with Crippen LogP contribution >= 0.6 is 11.6 Å². The number of aliphatic hydroxyl groups is 1. The second-order valence-corrected chi connectivity index (χ2v) is 4.57. The molecule has 16 heavy (non-hydrogen) atoms. The Labute approximate surface area is 102 Å². The number of halogens is 1. The standard InChI is InChI=1S/C13H19ClO2/c1-4-9(2)7-12(15)10-5-6-11(14)13(8-10)16-3/h5-6,8-9,12,15H,4,7H2,1-3H3. The van der Waals surface area contributed by atoms with Crippen LogP contribution in [0, 0.1) is 5.92 Å². The van der Waals surface area contributed by atoms with Crippen LogP contribution in [-0.2, 0) is 0 Å². The van der Waals surface area contributed by atoms with Gasteiger partial charge in [-0.25, -0.2) is 0 Å². The van der Waals surface area contributed by atoms with E-state index in [-0.39, 0.29) is 0 Å². The summed E-state index contributed by atoms with van der Waals surface area (Å²) in [6, 6.07) is 5.41. The Balaban J connectivity index is 2.79. The predicted molar refractivity (Wildman–Crippen MR) is 67.0 cm³/mol. The molecule has 2 atom stereocenters. The molecule has 2 nitrogen and oxygen atoms in total. The quantitative estimate of drug-likeness (QED) is 0.851. The normalized spacial score (nSPS) is 14.6. The lowest BCUT2D eigenvalue weighted by molar-refractivity contribution is 0.146. The van der Waals surface area contributed by atoms with Gasteiger partial charge in [-0.05, 0) is 30.0 Å². The van der Waals surface area contributed by atoms with Crippen LogP contribution in [0.3, 0.4) is 0 Å². The van der Waals surface area contributed by atoms with Gasteiger partial charge in [-0.3, -0.25) is 0 Å². The summed E-state index contributed by atoms with van der Waals surface area (Å²) < 4.78 is 5.12. The molecule has 3 heteroatoms. The minimum Gasteiger partial charge on any atom is -0.495 e. The van der Waals surface area contributed by atoms with Crippen molar-refractivity contribution in [2.75, 3.05) is 7.11 Å². The third-order valence-corrected chi connectivity index (χ3v) is 3.19. The van der Waals surface area contributed by atoms with E-state index in [2.05, 4.69) is 13.8 Å². The average Bonchev–Trinajstić information content (AvgIpc) is 2.29. The Bertz CT molecular complexity index is 339. The topological polar surface area (TPSA) is 29.5 Å². The molecule has 0 saturated heterocycles. The maximum absolute atomic E-state index is 10.0. The molecule has 1 aromatic carbocycles. The van der Waals surface area contributed by atoms with E-state index in [9.17, 15) is 5.11 Å². The highest BCUT2D eigenvalue weighted by Gasteiger charge is 2.13. The smallest absolute Gasteiger partial charge is 0.137 e. The van der Waals surface area contributed by atoms with Crippen molar-refractivity contribution in [3.63, 3.8) is 0 Å². The predicted octanol–water partition coefficient (Wildman–Crippen LogP) is 3.82. The molecule has 0 radical (unpaired) electrons. The van der Waals surface area contributed by atoms with Crippen molar-refractivity contribution in [2.45, 2.75) is 32.8 Å². The molecule has 90 valence electrons.